The van der Waals surface area contributed by atoms with Gasteiger partial charge in [0.25, 0.3) is 0 Å². The molecule has 3 aromatic rings. The van der Waals surface area contributed by atoms with E-state index in [1.54, 1.807) is 12.5 Å². The number of para-hydroxylation sites is 1. The second kappa shape index (κ2) is 6.96. The highest BCUT2D eigenvalue weighted by Gasteiger charge is 2.06. The predicted octanol–water partition coefficient (Wildman–Crippen LogP) is 4.30. The number of aryl methyl sites for hydroxylation is 2. The van der Waals surface area contributed by atoms with Crippen molar-refractivity contribution in [3.63, 3.8) is 0 Å². The Morgan fingerprint density at radius 2 is 2.04 bits per heavy atom. The number of hydrogen-bond acceptors (Lipinski definition) is 5. The first-order valence-electron chi connectivity index (χ1n) is 7.71. The molecule has 0 radical (unpaired) electrons. The second-order valence-electron chi connectivity index (χ2n) is 5.29. The van der Waals surface area contributed by atoms with Crippen LogP contribution in [-0.4, -0.2) is 9.97 Å². The Kier molecular flexibility index (Phi) is 4.57. The van der Waals surface area contributed by atoms with E-state index < -0.39 is 0 Å². The van der Waals surface area contributed by atoms with Crippen molar-refractivity contribution in [3.05, 3.63) is 65.7 Å². The van der Waals surface area contributed by atoms with Crippen molar-refractivity contribution >= 4 is 17.5 Å². The molecule has 0 aliphatic carbocycles. The largest absolute Gasteiger partial charge is 0.467 e. The molecule has 23 heavy (non-hydrogen) atoms. The summed E-state index contributed by atoms with van der Waals surface area (Å²) in [6.07, 6.45) is 4.36. The van der Waals surface area contributed by atoms with Crippen molar-refractivity contribution < 1.29 is 4.42 Å². The quantitative estimate of drug-likeness (QED) is 0.711. The topological polar surface area (TPSA) is 63.0 Å². The minimum absolute atomic E-state index is 0.557. The van der Waals surface area contributed by atoms with E-state index in [0.29, 0.717) is 12.5 Å². The summed E-state index contributed by atoms with van der Waals surface area (Å²) in [7, 11) is 0. The maximum atomic E-state index is 5.29. The van der Waals surface area contributed by atoms with Crippen LogP contribution in [0, 0.1) is 6.92 Å². The number of nitrogens with zero attached hydrogens (tertiary/aromatic N) is 2. The maximum Gasteiger partial charge on any atom is 0.224 e. The summed E-state index contributed by atoms with van der Waals surface area (Å²) in [6, 6.07) is 11.9. The van der Waals surface area contributed by atoms with E-state index in [-0.39, 0.29) is 0 Å². The Bertz CT molecular complexity index is 768. The fraction of sp³-hybridized carbons (Fsp3) is 0.222. The molecule has 5 heteroatoms. The average molecular weight is 308 g/mol. The van der Waals surface area contributed by atoms with Gasteiger partial charge in [-0.3, -0.25) is 0 Å². The van der Waals surface area contributed by atoms with Crippen LogP contribution < -0.4 is 10.6 Å². The molecular weight excluding hydrogens is 288 g/mol. The van der Waals surface area contributed by atoms with Gasteiger partial charge in [0.15, 0.2) is 0 Å². The molecule has 0 fully saturated rings. The zero-order valence-electron chi connectivity index (χ0n) is 13.3. The van der Waals surface area contributed by atoms with E-state index in [2.05, 4.69) is 52.6 Å². The molecule has 2 heterocycles. The average Bonchev–Trinajstić information content (AvgIpc) is 3.09. The van der Waals surface area contributed by atoms with Crippen molar-refractivity contribution in [1.82, 2.24) is 9.97 Å². The van der Waals surface area contributed by atoms with E-state index in [1.165, 1.54) is 11.1 Å². The van der Waals surface area contributed by atoms with E-state index in [9.17, 15) is 0 Å². The minimum Gasteiger partial charge on any atom is -0.467 e. The van der Waals surface area contributed by atoms with Crippen molar-refractivity contribution in [2.75, 3.05) is 10.6 Å². The third kappa shape index (κ3) is 3.69. The molecule has 1 aromatic carbocycles. The summed E-state index contributed by atoms with van der Waals surface area (Å²) in [5.41, 5.74) is 3.59. The molecule has 2 N–H and O–H groups in total. The lowest BCUT2D eigenvalue weighted by molar-refractivity contribution is 0.517. The number of furan rings is 1. The SMILES string of the molecule is CCc1cccc(C)c1Nc1ccnc(NCc2ccco2)n1. The summed E-state index contributed by atoms with van der Waals surface area (Å²) >= 11 is 0. The van der Waals surface area contributed by atoms with Gasteiger partial charge in [-0.25, -0.2) is 4.98 Å². The molecule has 118 valence electrons. The lowest BCUT2D eigenvalue weighted by Gasteiger charge is -2.14. The van der Waals surface area contributed by atoms with Gasteiger partial charge in [-0.1, -0.05) is 25.1 Å². The molecule has 0 saturated heterocycles. The molecule has 0 bridgehead atoms. The molecule has 5 nitrogen and oxygen atoms in total. The van der Waals surface area contributed by atoms with Gasteiger partial charge < -0.3 is 15.1 Å². The summed E-state index contributed by atoms with van der Waals surface area (Å²) in [5, 5.41) is 6.57. The van der Waals surface area contributed by atoms with Crippen LogP contribution in [0.2, 0.25) is 0 Å². The van der Waals surface area contributed by atoms with Crippen LogP contribution >= 0.6 is 0 Å². The fourth-order valence-corrected chi connectivity index (χ4v) is 2.42. The molecule has 0 unspecified atom stereocenters. The molecule has 0 aliphatic rings. The lowest BCUT2D eigenvalue weighted by atomic mass is 10.1. The van der Waals surface area contributed by atoms with Crippen LogP contribution in [-0.2, 0) is 13.0 Å². The second-order valence-corrected chi connectivity index (χ2v) is 5.29. The molecule has 0 atom stereocenters. The molecule has 0 amide bonds. The van der Waals surface area contributed by atoms with Crippen molar-refractivity contribution in [3.8, 4) is 0 Å². The minimum atomic E-state index is 0.557. The third-order valence-corrected chi connectivity index (χ3v) is 3.65. The molecular formula is C18H20N4O. The Labute approximate surface area is 135 Å². The number of nitrogens with one attached hydrogen (secondary N) is 2. The summed E-state index contributed by atoms with van der Waals surface area (Å²) < 4.78 is 5.29. The fourth-order valence-electron chi connectivity index (χ4n) is 2.42. The van der Waals surface area contributed by atoms with Crippen molar-refractivity contribution in [1.29, 1.82) is 0 Å². The number of anilines is 3. The zero-order chi connectivity index (χ0) is 16.1. The van der Waals surface area contributed by atoms with Crippen LogP contribution in [0.25, 0.3) is 0 Å². The first-order chi connectivity index (χ1) is 11.3. The monoisotopic (exact) mass is 308 g/mol. The highest BCUT2D eigenvalue weighted by molar-refractivity contribution is 5.65. The van der Waals surface area contributed by atoms with Gasteiger partial charge in [0.05, 0.1) is 12.8 Å². The lowest BCUT2D eigenvalue weighted by Crippen LogP contribution is -2.05. The highest BCUT2D eigenvalue weighted by Crippen LogP contribution is 2.24. The van der Waals surface area contributed by atoms with Crippen molar-refractivity contribution in [2.45, 2.75) is 26.8 Å². The van der Waals surface area contributed by atoms with Gasteiger partial charge in [-0.05, 0) is 42.7 Å². The van der Waals surface area contributed by atoms with Crippen LogP contribution in [0.5, 0.6) is 0 Å². The Morgan fingerprint density at radius 3 is 2.83 bits per heavy atom. The van der Waals surface area contributed by atoms with Gasteiger partial charge >= 0.3 is 0 Å². The molecule has 0 aliphatic heterocycles. The molecule has 3 rings (SSSR count). The Balaban J connectivity index is 1.75. The first kappa shape index (κ1) is 15.1. The van der Waals surface area contributed by atoms with Gasteiger partial charge in [-0.15, -0.1) is 0 Å². The van der Waals surface area contributed by atoms with E-state index in [0.717, 1.165) is 23.7 Å². The molecule has 0 saturated carbocycles. The summed E-state index contributed by atoms with van der Waals surface area (Å²) in [5.74, 6) is 2.18. The number of aromatic nitrogens is 2. The third-order valence-electron chi connectivity index (χ3n) is 3.65. The summed E-state index contributed by atoms with van der Waals surface area (Å²) in [4.78, 5) is 8.75. The Morgan fingerprint density at radius 1 is 1.13 bits per heavy atom. The van der Waals surface area contributed by atoms with Crippen LogP contribution in [0.15, 0.2) is 53.3 Å². The number of rotatable bonds is 6. The standard InChI is InChI=1S/C18H20N4O/c1-3-14-7-4-6-13(2)17(14)21-16-9-10-19-18(22-16)20-12-15-8-5-11-23-15/h4-11H,3,12H2,1-2H3,(H2,19,20,21,22). The van der Waals surface area contributed by atoms with Gasteiger partial charge in [0.2, 0.25) is 5.95 Å². The van der Waals surface area contributed by atoms with Gasteiger partial charge in [0.1, 0.15) is 11.6 Å². The molecule has 0 spiro atoms. The normalized spacial score (nSPS) is 10.5. The Hall–Kier alpha value is -2.82. The maximum absolute atomic E-state index is 5.29. The van der Waals surface area contributed by atoms with E-state index in [4.69, 9.17) is 4.42 Å². The molecule has 2 aromatic heterocycles. The first-order valence-corrected chi connectivity index (χ1v) is 7.71. The van der Waals surface area contributed by atoms with Crippen molar-refractivity contribution in [2.24, 2.45) is 0 Å². The highest BCUT2D eigenvalue weighted by atomic mass is 16.3. The van der Waals surface area contributed by atoms with E-state index in [1.807, 2.05) is 18.2 Å². The van der Waals surface area contributed by atoms with Crippen LogP contribution in [0.4, 0.5) is 17.5 Å². The number of benzene rings is 1. The van der Waals surface area contributed by atoms with E-state index >= 15 is 0 Å². The van der Waals surface area contributed by atoms with Gasteiger partial charge in [-0.2, -0.15) is 4.98 Å². The van der Waals surface area contributed by atoms with Crippen LogP contribution in [0.1, 0.15) is 23.8 Å². The number of hydrogen-bond donors (Lipinski definition) is 2. The summed E-state index contributed by atoms with van der Waals surface area (Å²) in [6.45, 7) is 4.80. The van der Waals surface area contributed by atoms with Crippen LogP contribution in [0.3, 0.4) is 0 Å². The smallest absolute Gasteiger partial charge is 0.224 e. The van der Waals surface area contributed by atoms with Gasteiger partial charge in [0, 0.05) is 11.9 Å². The predicted molar refractivity (Wildman–Crippen MR) is 91.9 cm³/mol. The zero-order valence-corrected chi connectivity index (χ0v) is 13.3.